The molecule has 1 aromatic rings. The van der Waals surface area contributed by atoms with Crippen molar-refractivity contribution in [3.8, 4) is 5.75 Å². The molecular weight excluding hydrogens is 355 g/mol. The molecule has 0 spiro atoms. The first-order valence-corrected chi connectivity index (χ1v) is 7.60. The van der Waals surface area contributed by atoms with Crippen molar-refractivity contribution in [2.45, 2.75) is 12.8 Å². The van der Waals surface area contributed by atoms with E-state index in [1.165, 1.54) is 0 Å². The number of piperidine rings is 1. The van der Waals surface area contributed by atoms with Gasteiger partial charge in [0.15, 0.2) is 0 Å². The Hall–Kier alpha value is -0.820. The molecule has 0 saturated carbocycles. The summed E-state index contributed by atoms with van der Waals surface area (Å²) in [4.78, 5) is 14.0. The van der Waals surface area contributed by atoms with E-state index in [9.17, 15) is 9.90 Å². The molecule has 0 aliphatic carbocycles. The molecule has 1 saturated heterocycles. The maximum absolute atomic E-state index is 12.3. The van der Waals surface area contributed by atoms with E-state index in [1.807, 2.05) is 29.6 Å². The van der Waals surface area contributed by atoms with Gasteiger partial charge < -0.3 is 15.3 Å². The lowest BCUT2D eigenvalue weighted by Crippen LogP contribution is -2.37. The molecule has 2 N–H and O–H groups in total. The Morgan fingerprint density at radius 3 is 2.79 bits per heavy atom. The zero-order valence-electron chi connectivity index (χ0n) is 11.0. The Balaban J connectivity index is 1.99. The van der Waals surface area contributed by atoms with E-state index in [2.05, 4.69) is 5.32 Å². The van der Waals surface area contributed by atoms with E-state index in [1.54, 1.807) is 23.1 Å². The minimum Gasteiger partial charge on any atom is -0.507 e. The van der Waals surface area contributed by atoms with Crippen LogP contribution in [-0.4, -0.2) is 42.6 Å². The number of halogens is 1. The molecule has 4 nitrogen and oxygen atoms in total. The van der Waals surface area contributed by atoms with Crippen molar-refractivity contribution in [2.24, 2.45) is 5.92 Å². The van der Waals surface area contributed by atoms with Gasteiger partial charge in [-0.25, -0.2) is 0 Å². The molecular formula is C14H19IN2O2. The smallest absolute Gasteiger partial charge is 0.253 e. The van der Waals surface area contributed by atoms with Crippen LogP contribution >= 0.6 is 22.6 Å². The Morgan fingerprint density at radius 1 is 1.47 bits per heavy atom. The number of carbonyl (C=O) groups excluding carboxylic acids is 1. The molecule has 104 valence electrons. The highest BCUT2D eigenvalue weighted by Crippen LogP contribution is 2.21. The van der Waals surface area contributed by atoms with Gasteiger partial charge in [0.2, 0.25) is 0 Å². The van der Waals surface area contributed by atoms with Crippen LogP contribution in [0, 0.1) is 9.49 Å². The second-order valence-corrected chi connectivity index (χ2v) is 6.21. The quantitative estimate of drug-likeness (QED) is 0.797. The van der Waals surface area contributed by atoms with Crippen molar-refractivity contribution < 1.29 is 9.90 Å². The van der Waals surface area contributed by atoms with E-state index in [0.717, 1.165) is 36.0 Å². The van der Waals surface area contributed by atoms with Crippen LogP contribution < -0.4 is 5.32 Å². The second-order valence-electron chi connectivity index (χ2n) is 5.05. The predicted molar refractivity (Wildman–Crippen MR) is 83.4 cm³/mol. The number of aromatic hydroxyl groups is 1. The van der Waals surface area contributed by atoms with Gasteiger partial charge >= 0.3 is 0 Å². The highest BCUT2D eigenvalue weighted by molar-refractivity contribution is 14.1. The van der Waals surface area contributed by atoms with Crippen molar-refractivity contribution in [3.05, 3.63) is 27.3 Å². The number of hydrogen-bond acceptors (Lipinski definition) is 3. The maximum atomic E-state index is 12.3. The first kappa shape index (κ1) is 14.6. The average Bonchev–Trinajstić information content (AvgIpc) is 2.42. The molecule has 2 rings (SSSR count). The maximum Gasteiger partial charge on any atom is 0.253 e. The van der Waals surface area contributed by atoms with Crippen molar-refractivity contribution >= 4 is 28.5 Å². The van der Waals surface area contributed by atoms with Gasteiger partial charge in [-0.05, 0) is 72.6 Å². The number of rotatable bonds is 3. The van der Waals surface area contributed by atoms with E-state index < -0.39 is 0 Å². The van der Waals surface area contributed by atoms with Crippen molar-refractivity contribution in [1.29, 1.82) is 0 Å². The molecule has 0 radical (unpaired) electrons. The first-order chi connectivity index (χ1) is 9.08. The van der Waals surface area contributed by atoms with Crippen LogP contribution in [0.5, 0.6) is 5.75 Å². The fraction of sp³-hybridized carbons (Fsp3) is 0.500. The second kappa shape index (κ2) is 6.56. The number of nitrogens with one attached hydrogen (secondary N) is 1. The Morgan fingerprint density at radius 2 is 2.16 bits per heavy atom. The Labute approximate surface area is 127 Å². The minimum absolute atomic E-state index is 0.0229. The molecule has 0 bridgehead atoms. The van der Waals surface area contributed by atoms with Crippen molar-refractivity contribution in [2.75, 3.05) is 26.7 Å². The van der Waals surface area contributed by atoms with E-state index in [-0.39, 0.29) is 11.7 Å². The summed E-state index contributed by atoms with van der Waals surface area (Å²) >= 11 is 2.04. The predicted octanol–water partition coefficient (Wildman–Crippen LogP) is 2.07. The highest BCUT2D eigenvalue weighted by Gasteiger charge is 2.19. The molecule has 0 atom stereocenters. The summed E-state index contributed by atoms with van der Waals surface area (Å²) in [6.45, 7) is 2.86. The minimum atomic E-state index is -0.0229. The van der Waals surface area contributed by atoms with Crippen molar-refractivity contribution in [1.82, 2.24) is 10.2 Å². The number of nitrogens with zero attached hydrogens (tertiary/aromatic N) is 1. The van der Waals surface area contributed by atoms with Crippen LogP contribution in [0.3, 0.4) is 0 Å². The van der Waals surface area contributed by atoms with Crippen LogP contribution in [-0.2, 0) is 0 Å². The molecule has 0 unspecified atom stereocenters. The third-order valence-corrected chi connectivity index (χ3v) is 4.44. The van der Waals surface area contributed by atoms with Crippen LogP contribution in [0.4, 0.5) is 0 Å². The summed E-state index contributed by atoms with van der Waals surface area (Å²) in [6.07, 6.45) is 2.24. The number of phenolic OH excluding ortho intramolecular Hbond substituents is 1. The number of amides is 1. The summed E-state index contributed by atoms with van der Waals surface area (Å²) < 4.78 is 0.759. The molecule has 0 aromatic heterocycles. The van der Waals surface area contributed by atoms with Crippen LogP contribution in [0.25, 0.3) is 0 Å². The van der Waals surface area contributed by atoms with Gasteiger partial charge in [0.05, 0.1) is 3.57 Å². The zero-order valence-corrected chi connectivity index (χ0v) is 13.2. The molecule has 1 heterocycles. The number of carbonyl (C=O) groups is 1. The van der Waals surface area contributed by atoms with Gasteiger partial charge in [0.25, 0.3) is 5.91 Å². The monoisotopic (exact) mass is 374 g/mol. The lowest BCUT2D eigenvalue weighted by atomic mass is 9.97. The van der Waals surface area contributed by atoms with Gasteiger partial charge in [-0.15, -0.1) is 0 Å². The van der Waals surface area contributed by atoms with Crippen LogP contribution in [0.15, 0.2) is 18.2 Å². The first-order valence-electron chi connectivity index (χ1n) is 6.52. The topological polar surface area (TPSA) is 52.6 Å². The molecule has 1 aliphatic rings. The van der Waals surface area contributed by atoms with Gasteiger partial charge in [0, 0.05) is 19.2 Å². The van der Waals surface area contributed by atoms with E-state index >= 15 is 0 Å². The van der Waals surface area contributed by atoms with Crippen LogP contribution in [0.2, 0.25) is 0 Å². The van der Waals surface area contributed by atoms with Crippen LogP contribution in [0.1, 0.15) is 23.2 Å². The van der Waals surface area contributed by atoms with Crippen molar-refractivity contribution in [3.63, 3.8) is 0 Å². The molecule has 1 aliphatic heterocycles. The Kier molecular flexibility index (Phi) is 5.04. The Bertz CT molecular complexity index is 459. The summed E-state index contributed by atoms with van der Waals surface area (Å²) in [5.41, 5.74) is 0.550. The lowest BCUT2D eigenvalue weighted by Gasteiger charge is -2.27. The fourth-order valence-electron chi connectivity index (χ4n) is 2.40. The molecule has 1 fully saturated rings. The van der Waals surface area contributed by atoms with E-state index in [4.69, 9.17) is 0 Å². The third kappa shape index (κ3) is 3.82. The molecule has 5 heteroatoms. The number of phenols is 1. The normalized spacial score (nSPS) is 16.3. The summed E-state index contributed by atoms with van der Waals surface area (Å²) in [5.74, 6) is 0.722. The number of benzene rings is 1. The van der Waals surface area contributed by atoms with Gasteiger partial charge in [0.1, 0.15) is 5.75 Å². The highest BCUT2D eigenvalue weighted by atomic mass is 127. The third-order valence-electron chi connectivity index (χ3n) is 3.53. The van der Waals surface area contributed by atoms with Gasteiger partial charge in [-0.1, -0.05) is 0 Å². The largest absolute Gasteiger partial charge is 0.507 e. The summed E-state index contributed by atoms with van der Waals surface area (Å²) in [5, 5.41) is 13.0. The summed E-state index contributed by atoms with van der Waals surface area (Å²) in [6, 6.07) is 5.08. The fourth-order valence-corrected chi connectivity index (χ4v) is 2.74. The standard InChI is InChI=1S/C14H19IN2O2/c1-17(9-10-4-6-16-7-5-10)14(19)11-2-3-12(15)13(18)8-11/h2-3,8,10,16,18H,4-7,9H2,1H3. The molecule has 1 aromatic carbocycles. The zero-order chi connectivity index (χ0) is 13.8. The summed E-state index contributed by atoms with van der Waals surface area (Å²) in [7, 11) is 1.83. The molecule has 19 heavy (non-hydrogen) atoms. The molecule has 1 amide bonds. The lowest BCUT2D eigenvalue weighted by molar-refractivity contribution is 0.0762. The number of hydrogen-bond donors (Lipinski definition) is 2. The van der Waals surface area contributed by atoms with E-state index in [0.29, 0.717) is 11.5 Å². The average molecular weight is 374 g/mol. The van der Waals surface area contributed by atoms with Gasteiger partial charge in [-0.2, -0.15) is 0 Å². The SMILES string of the molecule is CN(CC1CCNCC1)C(=O)c1ccc(I)c(O)c1. The van der Waals surface area contributed by atoms with Gasteiger partial charge in [-0.3, -0.25) is 4.79 Å².